The molecular weight excluding hydrogens is 270 g/mol. The molecule has 0 aromatic heterocycles. The highest BCUT2D eigenvalue weighted by Crippen LogP contribution is 2.41. The summed E-state index contributed by atoms with van der Waals surface area (Å²) in [5, 5.41) is 0. The van der Waals surface area contributed by atoms with Crippen LogP contribution in [0, 0.1) is 0 Å². The van der Waals surface area contributed by atoms with Crippen molar-refractivity contribution in [3.63, 3.8) is 0 Å². The van der Waals surface area contributed by atoms with E-state index in [1.165, 1.54) is 6.26 Å². The minimum atomic E-state index is -1.12. The summed E-state index contributed by atoms with van der Waals surface area (Å²) in [6.07, 6.45) is 1.44. The summed E-state index contributed by atoms with van der Waals surface area (Å²) in [4.78, 5) is 3.85. The molecule has 0 spiro atoms. The first kappa shape index (κ1) is 12.9. The topological polar surface area (TPSA) is 29.5 Å². The van der Waals surface area contributed by atoms with E-state index in [1.807, 2.05) is 48.5 Å². The predicted octanol–water partition coefficient (Wildman–Crippen LogP) is 3.46. The van der Waals surface area contributed by atoms with Crippen molar-refractivity contribution in [2.24, 2.45) is 0 Å². The Morgan fingerprint density at radius 3 is 2.15 bits per heavy atom. The fraction of sp³-hybridized carbons (Fsp3) is 0.125. The van der Waals surface area contributed by atoms with Crippen LogP contribution in [0.1, 0.15) is 0 Å². The van der Waals surface area contributed by atoms with Gasteiger partial charge in [-0.2, -0.15) is 0 Å². The number of benzene rings is 2. The third-order valence-corrected chi connectivity index (χ3v) is 4.75. The van der Waals surface area contributed by atoms with Gasteiger partial charge in [-0.15, -0.1) is 0 Å². The van der Waals surface area contributed by atoms with E-state index in [4.69, 9.17) is 4.74 Å². The van der Waals surface area contributed by atoms with Gasteiger partial charge in [0.25, 0.3) is 0 Å². The summed E-state index contributed by atoms with van der Waals surface area (Å²) < 4.78 is 17.9. The minimum absolute atomic E-state index is 0.540. The molecular formula is C16H15NO2S. The lowest BCUT2D eigenvalue weighted by Gasteiger charge is -2.32. The Kier molecular flexibility index (Phi) is 3.56. The standard InChI is InChI=1S/C16H15NO2S/c1-2-19-12-11-17-13-7-3-5-9-15(13)20(18)16-10-6-4-8-14(16)17/h2-10H,1,11-12H2. The van der Waals surface area contributed by atoms with Crippen LogP contribution in [-0.4, -0.2) is 17.4 Å². The van der Waals surface area contributed by atoms with Gasteiger partial charge in [0.2, 0.25) is 0 Å². The van der Waals surface area contributed by atoms with Crippen molar-refractivity contribution in [2.75, 3.05) is 18.1 Å². The Morgan fingerprint density at radius 1 is 1.05 bits per heavy atom. The summed E-state index contributed by atoms with van der Waals surface area (Å²) >= 11 is 0. The van der Waals surface area contributed by atoms with E-state index in [0.717, 1.165) is 21.2 Å². The molecule has 0 unspecified atom stereocenters. The molecule has 0 saturated heterocycles. The molecule has 4 heteroatoms. The molecule has 0 fully saturated rings. The highest BCUT2D eigenvalue weighted by molar-refractivity contribution is 7.85. The predicted molar refractivity (Wildman–Crippen MR) is 80.7 cm³/mol. The number of fused-ring (bicyclic) bond motifs is 2. The zero-order valence-corrected chi connectivity index (χ0v) is 11.8. The Hall–Kier alpha value is -2.07. The molecule has 3 rings (SSSR count). The van der Waals surface area contributed by atoms with E-state index in [0.29, 0.717) is 13.2 Å². The molecule has 0 N–H and O–H groups in total. The van der Waals surface area contributed by atoms with Gasteiger partial charge in [-0.3, -0.25) is 0 Å². The number of ether oxygens (including phenoxy) is 1. The summed E-state index contributed by atoms with van der Waals surface area (Å²) in [6.45, 7) is 4.79. The summed E-state index contributed by atoms with van der Waals surface area (Å²) in [5.41, 5.74) is 1.97. The van der Waals surface area contributed by atoms with Crippen LogP contribution in [0.25, 0.3) is 0 Å². The summed E-state index contributed by atoms with van der Waals surface area (Å²) in [7, 11) is -1.12. The number of rotatable bonds is 4. The van der Waals surface area contributed by atoms with Crippen molar-refractivity contribution in [3.8, 4) is 0 Å². The maximum Gasteiger partial charge on any atom is 0.105 e. The molecule has 1 heterocycles. The number of para-hydroxylation sites is 2. The normalized spacial score (nSPS) is 13.5. The molecule has 0 radical (unpaired) electrons. The molecule has 2 aromatic rings. The zero-order valence-electron chi connectivity index (χ0n) is 11.0. The van der Waals surface area contributed by atoms with Gasteiger partial charge in [0, 0.05) is 0 Å². The molecule has 102 valence electrons. The average molecular weight is 285 g/mol. The SMILES string of the molecule is C=COCCN1c2ccccc2S(=O)c2ccccc21. The highest BCUT2D eigenvalue weighted by atomic mass is 32.2. The molecule has 0 atom stereocenters. The van der Waals surface area contributed by atoms with E-state index in [2.05, 4.69) is 11.5 Å². The van der Waals surface area contributed by atoms with Crippen LogP contribution in [0.2, 0.25) is 0 Å². The van der Waals surface area contributed by atoms with Crippen LogP contribution in [0.15, 0.2) is 71.2 Å². The fourth-order valence-electron chi connectivity index (χ4n) is 2.39. The van der Waals surface area contributed by atoms with Crippen LogP contribution in [-0.2, 0) is 15.5 Å². The number of hydrogen-bond acceptors (Lipinski definition) is 3. The second kappa shape index (κ2) is 5.51. The minimum Gasteiger partial charge on any atom is -0.500 e. The summed E-state index contributed by atoms with van der Waals surface area (Å²) in [5.74, 6) is 0. The van der Waals surface area contributed by atoms with Crippen LogP contribution in [0.3, 0.4) is 0 Å². The molecule has 0 saturated carbocycles. The van der Waals surface area contributed by atoms with Gasteiger partial charge < -0.3 is 9.64 Å². The van der Waals surface area contributed by atoms with E-state index in [9.17, 15) is 4.21 Å². The van der Waals surface area contributed by atoms with Gasteiger partial charge in [-0.05, 0) is 24.3 Å². The van der Waals surface area contributed by atoms with Gasteiger partial charge in [0.15, 0.2) is 0 Å². The first-order valence-corrected chi connectivity index (χ1v) is 7.58. The molecule has 20 heavy (non-hydrogen) atoms. The monoisotopic (exact) mass is 285 g/mol. The van der Waals surface area contributed by atoms with Crippen molar-refractivity contribution < 1.29 is 8.95 Å². The Morgan fingerprint density at radius 2 is 1.60 bits per heavy atom. The first-order chi connectivity index (χ1) is 9.83. The van der Waals surface area contributed by atoms with Crippen molar-refractivity contribution in [3.05, 3.63) is 61.4 Å². The molecule has 1 aliphatic rings. The second-order valence-corrected chi connectivity index (χ2v) is 5.81. The lowest BCUT2D eigenvalue weighted by Crippen LogP contribution is -2.27. The van der Waals surface area contributed by atoms with E-state index < -0.39 is 10.8 Å². The van der Waals surface area contributed by atoms with Crippen LogP contribution in [0.4, 0.5) is 11.4 Å². The first-order valence-electron chi connectivity index (χ1n) is 6.43. The van der Waals surface area contributed by atoms with Crippen molar-refractivity contribution in [1.29, 1.82) is 0 Å². The molecule has 1 aliphatic heterocycles. The zero-order chi connectivity index (χ0) is 13.9. The van der Waals surface area contributed by atoms with Gasteiger partial charge in [-0.25, -0.2) is 4.21 Å². The van der Waals surface area contributed by atoms with Crippen molar-refractivity contribution >= 4 is 22.2 Å². The molecule has 0 amide bonds. The average Bonchev–Trinajstić information content (AvgIpc) is 2.51. The van der Waals surface area contributed by atoms with Gasteiger partial charge in [-0.1, -0.05) is 30.8 Å². The van der Waals surface area contributed by atoms with Crippen molar-refractivity contribution in [1.82, 2.24) is 0 Å². The lowest BCUT2D eigenvalue weighted by molar-refractivity contribution is 0.260. The molecule has 3 nitrogen and oxygen atoms in total. The van der Waals surface area contributed by atoms with Crippen LogP contribution in [0.5, 0.6) is 0 Å². The van der Waals surface area contributed by atoms with Gasteiger partial charge >= 0.3 is 0 Å². The Labute approximate surface area is 121 Å². The molecule has 2 aromatic carbocycles. The lowest BCUT2D eigenvalue weighted by atomic mass is 10.2. The fourth-order valence-corrected chi connectivity index (χ4v) is 3.77. The quantitative estimate of drug-likeness (QED) is 0.636. The van der Waals surface area contributed by atoms with Crippen molar-refractivity contribution in [2.45, 2.75) is 9.79 Å². The molecule has 0 aliphatic carbocycles. The summed E-state index contributed by atoms with van der Waals surface area (Å²) in [6, 6.07) is 15.6. The largest absolute Gasteiger partial charge is 0.500 e. The van der Waals surface area contributed by atoms with Gasteiger partial charge in [0.05, 0.1) is 44.8 Å². The second-order valence-electron chi connectivity index (χ2n) is 4.39. The number of hydrogen-bond donors (Lipinski definition) is 0. The smallest absolute Gasteiger partial charge is 0.105 e. The van der Waals surface area contributed by atoms with E-state index >= 15 is 0 Å². The van der Waals surface area contributed by atoms with E-state index in [-0.39, 0.29) is 0 Å². The Bertz CT molecular complexity index is 620. The maximum absolute atomic E-state index is 12.6. The number of anilines is 2. The third kappa shape index (κ3) is 2.12. The molecule has 0 bridgehead atoms. The van der Waals surface area contributed by atoms with Crippen LogP contribution >= 0.6 is 0 Å². The Balaban J connectivity index is 2.07. The highest BCUT2D eigenvalue weighted by Gasteiger charge is 2.27. The van der Waals surface area contributed by atoms with Crippen LogP contribution < -0.4 is 4.90 Å². The van der Waals surface area contributed by atoms with E-state index in [1.54, 1.807) is 0 Å². The third-order valence-electron chi connectivity index (χ3n) is 3.26. The maximum atomic E-state index is 12.6. The van der Waals surface area contributed by atoms with Gasteiger partial charge in [0.1, 0.15) is 6.61 Å². The number of nitrogens with zero attached hydrogens (tertiary/aromatic N) is 1.